The van der Waals surface area contributed by atoms with Crippen LogP contribution < -0.4 is 0 Å². The van der Waals surface area contributed by atoms with Gasteiger partial charge in [0.05, 0.1) is 5.60 Å². The first kappa shape index (κ1) is 18.1. The highest BCUT2D eigenvalue weighted by Crippen LogP contribution is 2.38. The number of amides is 1. The second kappa shape index (κ2) is 7.45. The number of benzene rings is 1. The number of rotatable bonds is 2. The third-order valence-corrected chi connectivity index (χ3v) is 6.96. The Morgan fingerprint density at radius 1 is 1.07 bits per heavy atom. The first-order valence-electron chi connectivity index (χ1n) is 10.8. The summed E-state index contributed by atoms with van der Waals surface area (Å²) < 4.78 is 6.32. The fourth-order valence-corrected chi connectivity index (χ4v) is 5.33. The fraction of sp³-hybridized carbons (Fsp3) is 0.565. The van der Waals surface area contributed by atoms with Crippen molar-refractivity contribution in [3.8, 4) is 0 Å². The largest absolute Gasteiger partial charge is 0.375 e. The van der Waals surface area contributed by atoms with Crippen LogP contribution in [-0.4, -0.2) is 65.1 Å². The van der Waals surface area contributed by atoms with Gasteiger partial charge in [-0.1, -0.05) is 24.3 Å². The van der Waals surface area contributed by atoms with Crippen LogP contribution in [-0.2, 0) is 4.74 Å². The maximum Gasteiger partial charge on any atom is 0.273 e. The molecule has 28 heavy (non-hydrogen) atoms. The van der Waals surface area contributed by atoms with E-state index in [1.165, 1.54) is 25.9 Å². The zero-order valence-corrected chi connectivity index (χ0v) is 16.5. The molecule has 5 rings (SSSR count). The number of pyridine rings is 1. The number of ether oxygens (including phenoxy) is 1. The monoisotopic (exact) mass is 379 g/mol. The molecule has 0 N–H and O–H groups in total. The first-order valence-corrected chi connectivity index (χ1v) is 10.8. The van der Waals surface area contributed by atoms with Gasteiger partial charge in [-0.05, 0) is 63.1 Å². The second-order valence-electron chi connectivity index (χ2n) is 8.59. The van der Waals surface area contributed by atoms with Crippen LogP contribution in [0.25, 0.3) is 10.8 Å². The number of hydrogen-bond donors (Lipinski definition) is 0. The number of fused-ring (bicyclic) bond motifs is 1. The van der Waals surface area contributed by atoms with E-state index in [1.807, 2.05) is 35.2 Å². The molecule has 3 aliphatic heterocycles. The normalized spacial score (nSPS) is 25.4. The molecule has 1 aromatic heterocycles. The van der Waals surface area contributed by atoms with Crippen LogP contribution in [0, 0.1) is 0 Å². The molecule has 1 amide bonds. The molecule has 1 aromatic carbocycles. The van der Waals surface area contributed by atoms with E-state index in [-0.39, 0.29) is 11.5 Å². The molecule has 148 valence electrons. The Bertz CT molecular complexity index is 849. The van der Waals surface area contributed by atoms with Gasteiger partial charge in [0.25, 0.3) is 5.91 Å². The van der Waals surface area contributed by atoms with Gasteiger partial charge in [-0.2, -0.15) is 0 Å². The summed E-state index contributed by atoms with van der Waals surface area (Å²) in [5.41, 5.74) is 0.544. The molecule has 1 unspecified atom stereocenters. The highest BCUT2D eigenvalue weighted by molar-refractivity contribution is 6.05. The molecule has 0 radical (unpaired) electrons. The molecule has 3 aliphatic rings. The molecule has 0 bridgehead atoms. The van der Waals surface area contributed by atoms with Gasteiger partial charge in [0, 0.05) is 37.3 Å². The number of likely N-dealkylation sites (tertiary alicyclic amines) is 2. The lowest BCUT2D eigenvalue weighted by Gasteiger charge is -2.48. The number of aromatic nitrogens is 1. The van der Waals surface area contributed by atoms with E-state index in [0.717, 1.165) is 56.2 Å². The van der Waals surface area contributed by atoms with Gasteiger partial charge in [-0.25, -0.2) is 0 Å². The van der Waals surface area contributed by atoms with Gasteiger partial charge in [-0.15, -0.1) is 0 Å². The Labute approximate surface area is 166 Å². The van der Waals surface area contributed by atoms with Crippen molar-refractivity contribution in [3.05, 3.63) is 42.2 Å². The summed E-state index contributed by atoms with van der Waals surface area (Å²) in [5.74, 6) is 0.0542. The molecule has 1 spiro atoms. The molecule has 3 saturated heterocycles. The zero-order chi connectivity index (χ0) is 19.0. The average molecular weight is 380 g/mol. The molecular weight excluding hydrogens is 350 g/mol. The summed E-state index contributed by atoms with van der Waals surface area (Å²) in [5, 5.41) is 2.01. The van der Waals surface area contributed by atoms with Crippen molar-refractivity contribution in [2.75, 3.05) is 32.8 Å². The molecule has 0 saturated carbocycles. The quantitative estimate of drug-likeness (QED) is 0.801. The van der Waals surface area contributed by atoms with Crippen molar-refractivity contribution >= 4 is 16.7 Å². The van der Waals surface area contributed by atoms with Gasteiger partial charge >= 0.3 is 0 Å². The average Bonchev–Trinajstić information content (AvgIpc) is 3.29. The smallest absolute Gasteiger partial charge is 0.273 e. The topological polar surface area (TPSA) is 45.7 Å². The lowest BCUT2D eigenvalue weighted by Crippen LogP contribution is -2.54. The van der Waals surface area contributed by atoms with Crippen molar-refractivity contribution in [1.82, 2.24) is 14.8 Å². The van der Waals surface area contributed by atoms with Gasteiger partial charge < -0.3 is 14.5 Å². The number of hydrogen-bond acceptors (Lipinski definition) is 4. The first-order chi connectivity index (χ1) is 13.7. The second-order valence-corrected chi connectivity index (χ2v) is 8.59. The minimum atomic E-state index is -0.0333. The lowest BCUT2D eigenvalue weighted by atomic mass is 9.81. The molecule has 5 heteroatoms. The van der Waals surface area contributed by atoms with Crippen LogP contribution in [0.15, 0.2) is 36.5 Å². The van der Waals surface area contributed by atoms with E-state index in [2.05, 4.69) is 9.88 Å². The number of carbonyl (C=O) groups is 1. The van der Waals surface area contributed by atoms with Crippen LogP contribution in [0.2, 0.25) is 0 Å². The maximum atomic E-state index is 13.2. The van der Waals surface area contributed by atoms with Crippen molar-refractivity contribution in [2.24, 2.45) is 0 Å². The molecule has 3 fully saturated rings. The van der Waals surface area contributed by atoms with Gasteiger partial charge in [0.15, 0.2) is 0 Å². The van der Waals surface area contributed by atoms with E-state index in [0.29, 0.717) is 11.7 Å². The van der Waals surface area contributed by atoms with E-state index in [4.69, 9.17) is 4.74 Å². The number of nitrogens with zero attached hydrogens (tertiary/aromatic N) is 3. The summed E-state index contributed by atoms with van der Waals surface area (Å²) >= 11 is 0. The SMILES string of the molecule is O=C(c1nccc2ccccc12)N1CCC2(CC1)CC(N1CCCC1)CCO2. The van der Waals surface area contributed by atoms with Gasteiger partial charge in [0.2, 0.25) is 0 Å². The lowest BCUT2D eigenvalue weighted by molar-refractivity contribution is -0.128. The van der Waals surface area contributed by atoms with Crippen LogP contribution >= 0.6 is 0 Å². The molecule has 5 nitrogen and oxygen atoms in total. The fourth-order valence-electron chi connectivity index (χ4n) is 5.33. The Hall–Kier alpha value is -1.98. The van der Waals surface area contributed by atoms with E-state index >= 15 is 0 Å². The van der Waals surface area contributed by atoms with E-state index in [1.54, 1.807) is 6.20 Å². The summed E-state index contributed by atoms with van der Waals surface area (Å²) in [7, 11) is 0. The minimum absolute atomic E-state index is 0.0333. The zero-order valence-electron chi connectivity index (χ0n) is 16.5. The molecule has 0 aliphatic carbocycles. The Balaban J connectivity index is 1.28. The van der Waals surface area contributed by atoms with Gasteiger partial charge in [-0.3, -0.25) is 9.78 Å². The third kappa shape index (κ3) is 3.31. The van der Waals surface area contributed by atoms with Crippen LogP contribution in [0.5, 0.6) is 0 Å². The highest BCUT2D eigenvalue weighted by atomic mass is 16.5. The predicted molar refractivity (Wildman–Crippen MR) is 109 cm³/mol. The van der Waals surface area contributed by atoms with E-state index < -0.39 is 0 Å². The Kier molecular flexibility index (Phi) is 4.81. The van der Waals surface area contributed by atoms with Crippen LogP contribution in [0.1, 0.15) is 49.0 Å². The van der Waals surface area contributed by atoms with Crippen LogP contribution in [0.3, 0.4) is 0 Å². The minimum Gasteiger partial charge on any atom is -0.375 e. The van der Waals surface area contributed by atoms with Crippen molar-refractivity contribution in [2.45, 2.75) is 50.2 Å². The van der Waals surface area contributed by atoms with Crippen molar-refractivity contribution < 1.29 is 9.53 Å². The third-order valence-electron chi connectivity index (χ3n) is 6.96. The predicted octanol–water partition coefficient (Wildman–Crippen LogP) is 3.48. The molecule has 1 atom stereocenters. The van der Waals surface area contributed by atoms with Crippen molar-refractivity contribution in [1.29, 1.82) is 0 Å². The Morgan fingerprint density at radius 3 is 2.68 bits per heavy atom. The standard InChI is InChI=1S/C23H29N3O2/c27-22(21-20-6-2-1-5-18(20)7-11-24-21)26-14-9-23(10-15-26)17-19(8-16-28-23)25-12-3-4-13-25/h1-2,5-7,11,19H,3-4,8-10,12-17H2. The van der Waals surface area contributed by atoms with Gasteiger partial charge in [0.1, 0.15) is 5.69 Å². The summed E-state index contributed by atoms with van der Waals surface area (Å²) in [6.07, 6.45) is 8.58. The maximum absolute atomic E-state index is 13.2. The highest BCUT2D eigenvalue weighted by Gasteiger charge is 2.43. The van der Waals surface area contributed by atoms with Crippen LogP contribution in [0.4, 0.5) is 0 Å². The summed E-state index contributed by atoms with van der Waals surface area (Å²) in [6.45, 7) is 4.88. The molecule has 4 heterocycles. The number of piperidine rings is 1. The number of carbonyl (C=O) groups excluding carboxylic acids is 1. The molecular formula is C23H29N3O2. The summed E-state index contributed by atoms with van der Waals surface area (Å²) in [6, 6.07) is 10.6. The Morgan fingerprint density at radius 2 is 1.86 bits per heavy atom. The van der Waals surface area contributed by atoms with E-state index in [9.17, 15) is 4.79 Å². The molecule has 2 aromatic rings. The van der Waals surface area contributed by atoms with Crippen molar-refractivity contribution in [3.63, 3.8) is 0 Å². The summed E-state index contributed by atoms with van der Waals surface area (Å²) in [4.78, 5) is 22.2.